The summed E-state index contributed by atoms with van der Waals surface area (Å²) in [5.41, 5.74) is -0.759. The molecule has 0 saturated carbocycles. The molecule has 0 aliphatic heterocycles. The maximum atomic E-state index is 12.6. The molecule has 0 aromatic heterocycles. The van der Waals surface area contributed by atoms with E-state index in [1.165, 1.54) is 116 Å². The number of ether oxygens (including phenoxy) is 3. The lowest BCUT2D eigenvalue weighted by molar-refractivity contribution is -0.156. The summed E-state index contributed by atoms with van der Waals surface area (Å²) in [5, 5.41) is 0. The van der Waals surface area contributed by atoms with E-state index in [4.69, 9.17) is 14.2 Å². The molecule has 0 rings (SSSR count). The fourth-order valence-corrected chi connectivity index (χ4v) is 7.11. The molecule has 0 heterocycles. The molecule has 0 atom stereocenters. The van der Waals surface area contributed by atoms with Gasteiger partial charge in [-0.15, -0.1) is 0 Å². The van der Waals surface area contributed by atoms with Crippen molar-refractivity contribution in [2.24, 2.45) is 0 Å². The molecule has 0 aliphatic rings. The van der Waals surface area contributed by atoms with Gasteiger partial charge >= 0.3 is 17.9 Å². The summed E-state index contributed by atoms with van der Waals surface area (Å²) >= 11 is 0. The summed E-state index contributed by atoms with van der Waals surface area (Å²) in [7, 11) is 4.10. The second-order valence-electron chi connectivity index (χ2n) is 19.1. The van der Waals surface area contributed by atoms with E-state index in [0.717, 1.165) is 77.2 Å². The molecule has 0 radical (unpaired) electrons. The normalized spacial score (nSPS) is 12.4. The van der Waals surface area contributed by atoms with Crippen LogP contribution in [-0.2, 0) is 28.6 Å². The second kappa shape index (κ2) is 37.8. The van der Waals surface area contributed by atoms with Gasteiger partial charge in [0, 0.05) is 19.3 Å². The first-order valence-corrected chi connectivity index (χ1v) is 24.3. The highest BCUT2D eigenvalue weighted by Crippen LogP contribution is 2.19. The van der Waals surface area contributed by atoms with Crippen LogP contribution in [-0.4, -0.2) is 60.8 Å². The summed E-state index contributed by atoms with van der Waals surface area (Å²) in [6.45, 7) is 12.4. The number of rotatable bonds is 39. The molecule has 0 spiro atoms. The van der Waals surface area contributed by atoms with Gasteiger partial charge in [-0.25, -0.2) is 0 Å². The van der Waals surface area contributed by atoms with Crippen LogP contribution in [0.3, 0.4) is 0 Å². The Morgan fingerprint density at radius 2 is 0.707 bits per heavy atom. The third-order valence-corrected chi connectivity index (χ3v) is 10.3. The first-order valence-electron chi connectivity index (χ1n) is 24.3. The van der Waals surface area contributed by atoms with Gasteiger partial charge in [0.05, 0.1) is 0 Å². The molecule has 0 N–H and O–H groups in total. The second-order valence-corrected chi connectivity index (χ2v) is 19.1. The Morgan fingerprint density at radius 1 is 0.414 bits per heavy atom. The maximum absolute atomic E-state index is 12.6. The standard InChI is InChI=1S/C51H95NO6/c1-50(2,3)57-48(54)42-37-33-29-25-21-17-13-9-11-15-19-23-27-31-35-40-46(56-47(53)44-39-45-52(7)8)41-36-32-28-24-20-16-12-10-14-18-22-26-30-34-38-43-49(55)58-51(4,5)6/h9-10,13-14,46H,11-12,15-45H2,1-8H3/b13-9-,14-10-. The lowest BCUT2D eigenvalue weighted by atomic mass is 10.0. The molecule has 7 nitrogen and oxygen atoms in total. The van der Waals surface area contributed by atoms with Crippen molar-refractivity contribution in [1.82, 2.24) is 4.90 Å². The van der Waals surface area contributed by atoms with Gasteiger partial charge in [-0.1, -0.05) is 114 Å². The van der Waals surface area contributed by atoms with E-state index in [1.54, 1.807) is 0 Å². The fraction of sp³-hybridized carbons (Fsp3) is 0.863. The van der Waals surface area contributed by atoms with Crippen molar-refractivity contribution < 1.29 is 28.6 Å². The zero-order chi connectivity index (χ0) is 43.2. The van der Waals surface area contributed by atoms with E-state index in [0.29, 0.717) is 19.3 Å². The zero-order valence-corrected chi connectivity index (χ0v) is 39.6. The van der Waals surface area contributed by atoms with E-state index in [-0.39, 0.29) is 35.2 Å². The average molecular weight is 818 g/mol. The third-order valence-electron chi connectivity index (χ3n) is 10.3. The molecule has 340 valence electrons. The molecule has 0 bridgehead atoms. The number of allylic oxidation sites excluding steroid dienone is 4. The Balaban J connectivity index is 3.95. The van der Waals surface area contributed by atoms with Gasteiger partial charge < -0.3 is 19.1 Å². The number of hydrogen-bond acceptors (Lipinski definition) is 7. The van der Waals surface area contributed by atoms with Crippen molar-refractivity contribution in [2.45, 2.75) is 264 Å². The summed E-state index contributed by atoms with van der Waals surface area (Å²) in [6, 6.07) is 0. The highest BCUT2D eigenvalue weighted by atomic mass is 16.6. The van der Waals surface area contributed by atoms with Crippen molar-refractivity contribution in [1.29, 1.82) is 0 Å². The van der Waals surface area contributed by atoms with Gasteiger partial charge in [-0.2, -0.15) is 0 Å². The van der Waals surface area contributed by atoms with E-state index in [1.807, 2.05) is 41.5 Å². The van der Waals surface area contributed by atoms with Crippen LogP contribution in [0, 0.1) is 0 Å². The molecule has 58 heavy (non-hydrogen) atoms. The Hall–Kier alpha value is -2.15. The first-order chi connectivity index (χ1) is 27.7. The molecule has 0 aromatic rings. The Kier molecular flexibility index (Phi) is 36.4. The van der Waals surface area contributed by atoms with Gasteiger partial charge in [0.25, 0.3) is 0 Å². The summed E-state index contributed by atoms with van der Waals surface area (Å²) < 4.78 is 16.8. The lowest BCUT2D eigenvalue weighted by Crippen LogP contribution is -2.23. The number of nitrogens with zero attached hydrogens (tertiary/aromatic N) is 1. The lowest BCUT2D eigenvalue weighted by Gasteiger charge is -2.19. The molecule has 0 aromatic carbocycles. The van der Waals surface area contributed by atoms with E-state index >= 15 is 0 Å². The molecule has 7 heteroatoms. The van der Waals surface area contributed by atoms with Crippen LogP contribution >= 0.6 is 0 Å². The number of hydrogen-bond donors (Lipinski definition) is 0. The van der Waals surface area contributed by atoms with Crippen LogP contribution in [0.2, 0.25) is 0 Å². The van der Waals surface area contributed by atoms with Gasteiger partial charge in [0.15, 0.2) is 0 Å². The summed E-state index contributed by atoms with van der Waals surface area (Å²) in [5.74, 6) is -0.159. The largest absolute Gasteiger partial charge is 0.462 e. The minimum absolute atomic E-state index is 0.0152. The van der Waals surface area contributed by atoms with E-state index in [9.17, 15) is 14.4 Å². The minimum atomic E-state index is -0.380. The molecule has 0 unspecified atom stereocenters. The van der Waals surface area contributed by atoms with Gasteiger partial charge in [-0.3, -0.25) is 14.4 Å². The quantitative estimate of drug-likeness (QED) is 0.0264. The van der Waals surface area contributed by atoms with Crippen LogP contribution in [0.15, 0.2) is 24.3 Å². The summed E-state index contributed by atoms with van der Waals surface area (Å²) in [6.07, 6.45) is 45.1. The predicted octanol–water partition coefficient (Wildman–Crippen LogP) is 14.7. The van der Waals surface area contributed by atoms with Crippen molar-refractivity contribution in [2.75, 3.05) is 20.6 Å². The van der Waals surface area contributed by atoms with Crippen LogP contribution in [0.25, 0.3) is 0 Å². The highest BCUT2D eigenvalue weighted by molar-refractivity contribution is 5.70. The van der Waals surface area contributed by atoms with Crippen molar-refractivity contribution in [3.05, 3.63) is 24.3 Å². The molecule has 0 amide bonds. The number of carbonyl (C=O) groups excluding carboxylic acids is 3. The molecular formula is C51H95NO6. The Morgan fingerprint density at radius 3 is 1.03 bits per heavy atom. The van der Waals surface area contributed by atoms with Crippen molar-refractivity contribution >= 4 is 17.9 Å². The van der Waals surface area contributed by atoms with Crippen LogP contribution in [0.5, 0.6) is 0 Å². The molecule has 0 saturated heterocycles. The summed E-state index contributed by atoms with van der Waals surface area (Å²) in [4.78, 5) is 38.3. The highest BCUT2D eigenvalue weighted by Gasteiger charge is 2.17. The van der Waals surface area contributed by atoms with Crippen molar-refractivity contribution in [3.8, 4) is 0 Å². The van der Waals surface area contributed by atoms with Gasteiger partial charge in [0.2, 0.25) is 0 Å². The van der Waals surface area contributed by atoms with Gasteiger partial charge in [-0.05, 0) is 158 Å². The maximum Gasteiger partial charge on any atom is 0.306 e. The number of esters is 3. The van der Waals surface area contributed by atoms with E-state index in [2.05, 4.69) is 43.3 Å². The first kappa shape index (κ1) is 55.9. The van der Waals surface area contributed by atoms with Crippen molar-refractivity contribution in [3.63, 3.8) is 0 Å². The van der Waals surface area contributed by atoms with E-state index < -0.39 is 0 Å². The monoisotopic (exact) mass is 818 g/mol. The zero-order valence-electron chi connectivity index (χ0n) is 39.6. The average Bonchev–Trinajstić information content (AvgIpc) is 3.12. The van der Waals surface area contributed by atoms with Crippen LogP contribution in [0.1, 0.15) is 247 Å². The Labute approximate surface area is 359 Å². The SMILES string of the molecule is CN(C)CCCC(=O)OC(CCCCCCCC/C=C\CCCCCCCC(=O)OC(C)(C)C)CCCCCCCC/C=C\CCCCCCCC(=O)OC(C)(C)C. The third kappa shape index (κ3) is 44.9. The van der Waals surface area contributed by atoms with Crippen LogP contribution < -0.4 is 0 Å². The van der Waals surface area contributed by atoms with Gasteiger partial charge in [0.1, 0.15) is 17.3 Å². The number of carbonyl (C=O) groups is 3. The number of unbranched alkanes of at least 4 members (excludes halogenated alkanes) is 22. The smallest absolute Gasteiger partial charge is 0.306 e. The Bertz CT molecular complexity index is 969. The minimum Gasteiger partial charge on any atom is -0.462 e. The molecular weight excluding hydrogens is 723 g/mol. The molecule has 0 fully saturated rings. The fourth-order valence-electron chi connectivity index (χ4n) is 7.11. The topological polar surface area (TPSA) is 82.1 Å². The van der Waals surface area contributed by atoms with Crippen LogP contribution in [0.4, 0.5) is 0 Å². The molecule has 0 aliphatic carbocycles. The predicted molar refractivity (Wildman–Crippen MR) is 246 cm³/mol.